The molecule has 1 heterocycles. The molecule has 21 heavy (non-hydrogen) atoms. The van der Waals surface area contributed by atoms with Crippen LogP contribution < -0.4 is 4.74 Å². The van der Waals surface area contributed by atoms with Crippen LogP contribution in [0.1, 0.15) is 10.4 Å². The predicted octanol–water partition coefficient (Wildman–Crippen LogP) is 3.48. The van der Waals surface area contributed by atoms with E-state index in [-0.39, 0.29) is 35.1 Å². The summed E-state index contributed by atoms with van der Waals surface area (Å²) in [7, 11) is 1.57. The maximum atomic E-state index is 11.1. The predicted molar refractivity (Wildman–Crippen MR) is 86.2 cm³/mol. The molecule has 0 aliphatic carbocycles. The third kappa shape index (κ3) is 2.79. The van der Waals surface area contributed by atoms with Gasteiger partial charge in [-0.1, -0.05) is 22.0 Å². The first kappa shape index (κ1) is 16.2. The van der Waals surface area contributed by atoms with Crippen molar-refractivity contribution in [3.63, 3.8) is 0 Å². The topological polar surface area (TPSA) is 59.4 Å². The molecule has 0 aliphatic heterocycles. The minimum Gasteiger partial charge on any atom is -0.481 e. The van der Waals surface area contributed by atoms with Crippen LogP contribution in [0.3, 0.4) is 0 Å². The first-order valence-electron chi connectivity index (χ1n) is 5.90. The number of fused-ring (bicyclic) bond motifs is 3. The molecule has 0 saturated heterocycles. The fraction of sp³-hybridized carbons (Fsp3) is 0.0667. The summed E-state index contributed by atoms with van der Waals surface area (Å²) >= 11 is 3.51. The molecule has 2 aromatic carbocycles. The Morgan fingerprint density at radius 1 is 1.24 bits per heavy atom. The van der Waals surface area contributed by atoms with Crippen molar-refractivity contribution in [2.45, 2.75) is 0 Å². The van der Waals surface area contributed by atoms with Crippen LogP contribution in [0.2, 0.25) is 0 Å². The summed E-state index contributed by atoms with van der Waals surface area (Å²) in [6.07, 6.45) is 1.68. The minimum atomic E-state index is -0.943. The van der Waals surface area contributed by atoms with Gasteiger partial charge in [-0.2, -0.15) is 0 Å². The molecule has 0 amide bonds. The molecule has 6 heteroatoms. The number of hydrogen-bond donors (Lipinski definition) is 1. The van der Waals surface area contributed by atoms with Gasteiger partial charge in [-0.25, -0.2) is 9.78 Å². The molecule has 4 nitrogen and oxygen atoms in total. The molecule has 1 N–H and O–H groups in total. The Bertz CT molecular complexity index is 851. The van der Waals surface area contributed by atoms with Crippen LogP contribution in [0.15, 0.2) is 41.0 Å². The van der Waals surface area contributed by atoms with Gasteiger partial charge >= 0.3 is 5.97 Å². The molecular formula is C15H10BrNNaO3. The number of hydrogen-bond acceptors (Lipinski definition) is 3. The van der Waals surface area contributed by atoms with Crippen molar-refractivity contribution < 1.29 is 14.6 Å². The van der Waals surface area contributed by atoms with Crippen LogP contribution in [0.4, 0.5) is 0 Å². The average Bonchev–Trinajstić information content (AvgIpc) is 2.46. The van der Waals surface area contributed by atoms with Gasteiger partial charge in [-0.05, 0) is 35.0 Å². The van der Waals surface area contributed by atoms with E-state index in [9.17, 15) is 4.79 Å². The molecule has 3 aromatic rings. The molecule has 0 unspecified atom stereocenters. The summed E-state index contributed by atoms with van der Waals surface area (Å²) in [4.78, 5) is 15.3. The van der Waals surface area contributed by atoms with E-state index in [4.69, 9.17) is 9.84 Å². The Balaban J connectivity index is 0.00000161. The molecule has 0 atom stereocenters. The number of nitrogens with zero attached hydrogens (tertiary/aromatic N) is 1. The fourth-order valence-electron chi connectivity index (χ4n) is 2.31. The Morgan fingerprint density at radius 3 is 2.67 bits per heavy atom. The Hall–Kier alpha value is -1.14. The second-order valence-corrected chi connectivity index (χ2v) is 5.20. The largest absolute Gasteiger partial charge is 0.481 e. The third-order valence-corrected chi connectivity index (χ3v) is 3.87. The van der Waals surface area contributed by atoms with Crippen LogP contribution in [0.5, 0.6) is 5.88 Å². The number of carbonyl (C=O) groups is 1. The fourth-order valence-corrected chi connectivity index (χ4v) is 2.89. The number of ether oxygens (including phenoxy) is 1. The molecule has 0 aliphatic rings. The molecule has 0 bridgehead atoms. The van der Waals surface area contributed by atoms with Crippen LogP contribution in [-0.4, -0.2) is 52.7 Å². The summed E-state index contributed by atoms with van der Waals surface area (Å²) < 4.78 is 6.20. The van der Waals surface area contributed by atoms with Crippen molar-refractivity contribution in [3.05, 3.63) is 46.6 Å². The number of aromatic nitrogens is 1. The van der Waals surface area contributed by atoms with E-state index >= 15 is 0 Å². The maximum absolute atomic E-state index is 11.1. The zero-order valence-electron chi connectivity index (χ0n) is 11.6. The van der Waals surface area contributed by atoms with E-state index in [1.54, 1.807) is 31.5 Å². The number of pyridine rings is 1. The number of carboxylic acids is 1. The van der Waals surface area contributed by atoms with Gasteiger partial charge in [0, 0.05) is 45.6 Å². The van der Waals surface area contributed by atoms with Crippen molar-refractivity contribution in [2.75, 3.05) is 7.11 Å². The normalized spacial score (nSPS) is 10.4. The summed E-state index contributed by atoms with van der Waals surface area (Å²) in [6.45, 7) is 0. The first-order chi connectivity index (χ1) is 9.61. The van der Waals surface area contributed by atoms with Crippen LogP contribution in [-0.2, 0) is 0 Å². The van der Waals surface area contributed by atoms with Crippen molar-refractivity contribution in [1.82, 2.24) is 4.98 Å². The zero-order chi connectivity index (χ0) is 14.3. The van der Waals surface area contributed by atoms with Gasteiger partial charge < -0.3 is 9.84 Å². The van der Waals surface area contributed by atoms with Crippen LogP contribution >= 0.6 is 15.9 Å². The maximum Gasteiger partial charge on any atom is 0.335 e. The van der Waals surface area contributed by atoms with Crippen molar-refractivity contribution in [3.8, 4) is 5.88 Å². The van der Waals surface area contributed by atoms with Crippen molar-refractivity contribution >= 4 is 73.0 Å². The molecule has 1 radical (unpaired) electrons. The summed E-state index contributed by atoms with van der Waals surface area (Å²) in [5.41, 5.74) is 0.256. The summed E-state index contributed by atoms with van der Waals surface area (Å²) in [5, 5.41) is 12.7. The van der Waals surface area contributed by atoms with Gasteiger partial charge in [-0.3, -0.25) is 0 Å². The Labute approximate surface area is 151 Å². The summed E-state index contributed by atoms with van der Waals surface area (Å²) in [5.74, 6) is -0.418. The smallest absolute Gasteiger partial charge is 0.335 e. The van der Waals surface area contributed by atoms with Gasteiger partial charge in [0.25, 0.3) is 0 Å². The van der Waals surface area contributed by atoms with E-state index in [0.717, 1.165) is 26.0 Å². The minimum absolute atomic E-state index is 0. The van der Waals surface area contributed by atoms with Gasteiger partial charge in [0.05, 0.1) is 18.1 Å². The number of methoxy groups -OCH3 is 1. The van der Waals surface area contributed by atoms with Gasteiger partial charge in [0.15, 0.2) is 0 Å². The molecule has 3 rings (SSSR count). The molecule has 0 spiro atoms. The molecule has 1 aromatic heterocycles. The van der Waals surface area contributed by atoms with Gasteiger partial charge in [0.2, 0.25) is 5.88 Å². The van der Waals surface area contributed by atoms with E-state index in [1.807, 2.05) is 12.1 Å². The van der Waals surface area contributed by atoms with Crippen molar-refractivity contribution in [1.29, 1.82) is 0 Å². The van der Waals surface area contributed by atoms with Gasteiger partial charge in [-0.15, -0.1) is 0 Å². The zero-order valence-corrected chi connectivity index (χ0v) is 15.1. The van der Waals surface area contributed by atoms with Crippen LogP contribution in [0.25, 0.3) is 21.5 Å². The Morgan fingerprint density at radius 2 is 2.00 bits per heavy atom. The van der Waals surface area contributed by atoms with E-state index < -0.39 is 5.97 Å². The van der Waals surface area contributed by atoms with Crippen LogP contribution in [0, 0.1) is 0 Å². The molecule has 0 fully saturated rings. The van der Waals surface area contributed by atoms with E-state index in [0.29, 0.717) is 5.88 Å². The van der Waals surface area contributed by atoms with Gasteiger partial charge in [0.1, 0.15) is 0 Å². The SMILES string of the molecule is COc1nccc2c(Br)cc3cc(C(=O)O)ccc3c12.[Na]. The van der Waals surface area contributed by atoms with Crippen molar-refractivity contribution in [2.24, 2.45) is 0 Å². The quantitative estimate of drug-likeness (QED) is 0.565. The average molecular weight is 355 g/mol. The number of rotatable bonds is 2. The third-order valence-electron chi connectivity index (χ3n) is 3.22. The second kappa shape index (κ2) is 6.32. The standard InChI is InChI=1S/C15H10BrNO3.Na/c1-20-14-13-10-3-2-8(15(18)19)6-9(10)7-12(16)11(13)4-5-17-14;/h2-7H,1H3,(H,18,19);. The molecule has 0 saturated carbocycles. The Kier molecular flexibility index (Phi) is 4.88. The summed E-state index contributed by atoms with van der Waals surface area (Å²) in [6, 6.07) is 8.83. The monoisotopic (exact) mass is 354 g/mol. The van der Waals surface area contributed by atoms with E-state index in [2.05, 4.69) is 20.9 Å². The number of carboxylic acid groups (broad SMARTS) is 1. The molecular weight excluding hydrogens is 345 g/mol. The first-order valence-corrected chi connectivity index (χ1v) is 6.69. The number of benzene rings is 2. The van der Waals surface area contributed by atoms with E-state index in [1.165, 1.54) is 0 Å². The second-order valence-electron chi connectivity index (χ2n) is 4.34. The molecule has 101 valence electrons. The number of aromatic carboxylic acids is 1. The number of halogens is 1.